The van der Waals surface area contributed by atoms with E-state index in [1.165, 1.54) is 0 Å². The molecular weight excluding hydrogens is 204 g/mol. The Labute approximate surface area is 94.6 Å². The molecule has 0 radical (unpaired) electrons. The summed E-state index contributed by atoms with van der Waals surface area (Å²) in [6.07, 6.45) is 0. The Bertz CT molecular complexity index is 359. The highest BCUT2D eigenvalue weighted by molar-refractivity contribution is 5.89. The smallest absolute Gasteiger partial charge is 0.318 e. The Balaban J connectivity index is 1.90. The number of hydrogen-bond donors (Lipinski definition) is 4. The lowest BCUT2D eigenvalue weighted by atomic mass is 10.1. The largest absolute Gasteiger partial charge is 0.380 e. The molecule has 0 aliphatic carbocycles. The molecule has 0 spiro atoms. The first-order valence-electron chi connectivity index (χ1n) is 5.34. The van der Waals surface area contributed by atoms with Crippen molar-refractivity contribution >= 4 is 17.4 Å². The first-order valence-corrected chi connectivity index (χ1v) is 5.34. The van der Waals surface area contributed by atoms with E-state index in [2.05, 4.69) is 21.3 Å². The number of carbonyl (C=O) groups is 1. The average Bonchev–Trinajstić information content (AvgIpc) is 2.25. The summed E-state index contributed by atoms with van der Waals surface area (Å²) < 4.78 is 0. The van der Waals surface area contributed by atoms with Gasteiger partial charge in [0.25, 0.3) is 0 Å². The van der Waals surface area contributed by atoms with Crippen molar-refractivity contribution < 1.29 is 4.79 Å². The molecule has 0 aromatic heterocycles. The van der Waals surface area contributed by atoms with Crippen LogP contribution in [0.2, 0.25) is 0 Å². The van der Waals surface area contributed by atoms with Crippen molar-refractivity contribution in [2.45, 2.75) is 6.04 Å². The van der Waals surface area contributed by atoms with Crippen LogP contribution in [-0.2, 0) is 0 Å². The summed E-state index contributed by atoms with van der Waals surface area (Å²) in [5.74, 6) is 0. The molecule has 2 rings (SSSR count). The number of carbonyl (C=O) groups excluding carboxylic acids is 1. The second-order valence-corrected chi connectivity index (χ2v) is 3.78. The summed E-state index contributed by atoms with van der Waals surface area (Å²) >= 11 is 0. The van der Waals surface area contributed by atoms with Gasteiger partial charge < -0.3 is 21.3 Å². The van der Waals surface area contributed by atoms with Gasteiger partial charge in [-0.15, -0.1) is 0 Å². The van der Waals surface area contributed by atoms with Crippen LogP contribution in [0.5, 0.6) is 0 Å². The molecule has 1 saturated heterocycles. The first-order chi connectivity index (χ1) is 7.78. The molecule has 0 saturated carbocycles. The van der Waals surface area contributed by atoms with Crippen molar-refractivity contribution in [2.75, 3.05) is 30.8 Å². The summed E-state index contributed by atoms with van der Waals surface area (Å²) in [6, 6.07) is 8.00. The normalized spacial score (nSPS) is 15.1. The van der Waals surface area contributed by atoms with Crippen LogP contribution in [0.1, 0.15) is 0 Å². The Kier molecular flexibility index (Phi) is 3.26. The number of urea groups is 1. The number of rotatable bonds is 3. The Morgan fingerprint density at radius 2 is 1.88 bits per heavy atom. The molecule has 2 amide bonds. The maximum absolute atomic E-state index is 11.1. The minimum Gasteiger partial charge on any atom is -0.380 e. The van der Waals surface area contributed by atoms with Crippen LogP contribution in [0.25, 0.3) is 0 Å². The first kappa shape index (κ1) is 10.8. The van der Waals surface area contributed by atoms with E-state index in [1.54, 1.807) is 7.05 Å². The number of benzene rings is 1. The fraction of sp³-hybridized carbons (Fsp3) is 0.364. The molecule has 86 valence electrons. The molecule has 1 aromatic carbocycles. The van der Waals surface area contributed by atoms with Crippen molar-refractivity contribution in [3.8, 4) is 0 Å². The highest BCUT2D eigenvalue weighted by Crippen LogP contribution is 2.15. The third-order valence-electron chi connectivity index (χ3n) is 2.52. The lowest BCUT2D eigenvalue weighted by Gasteiger charge is -2.29. The maximum atomic E-state index is 11.1. The standard InChI is InChI=1S/C11H16N4O/c1-12-11(16)15-9-4-2-8(3-5-9)14-10-6-13-7-10/h2-5,10,13-14H,6-7H2,1H3,(H2,12,15,16). The number of amides is 2. The molecule has 16 heavy (non-hydrogen) atoms. The van der Waals surface area contributed by atoms with E-state index in [1.807, 2.05) is 24.3 Å². The topological polar surface area (TPSA) is 65.2 Å². The summed E-state index contributed by atoms with van der Waals surface area (Å²) in [6.45, 7) is 2.02. The van der Waals surface area contributed by atoms with Crippen LogP contribution >= 0.6 is 0 Å². The average molecular weight is 220 g/mol. The zero-order valence-corrected chi connectivity index (χ0v) is 9.21. The summed E-state index contributed by atoms with van der Waals surface area (Å²) in [4.78, 5) is 11.1. The SMILES string of the molecule is CNC(=O)Nc1ccc(NC2CNC2)cc1. The van der Waals surface area contributed by atoms with Gasteiger partial charge in [0.15, 0.2) is 0 Å². The van der Waals surface area contributed by atoms with Gasteiger partial charge in [-0.05, 0) is 24.3 Å². The Morgan fingerprint density at radius 1 is 1.25 bits per heavy atom. The number of nitrogens with one attached hydrogen (secondary N) is 4. The number of anilines is 2. The summed E-state index contributed by atoms with van der Waals surface area (Å²) in [5, 5.41) is 11.8. The van der Waals surface area contributed by atoms with Crippen LogP contribution in [0.15, 0.2) is 24.3 Å². The van der Waals surface area contributed by atoms with Gasteiger partial charge in [0.2, 0.25) is 0 Å². The lowest BCUT2D eigenvalue weighted by molar-refractivity contribution is 0.254. The zero-order chi connectivity index (χ0) is 11.4. The fourth-order valence-electron chi connectivity index (χ4n) is 1.47. The summed E-state index contributed by atoms with van der Waals surface area (Å²) in [7, 11) is 1.59. The molecular formula is C11H16N4O. The molecule has 0 atom stereocenters. The van der Waals surface area contributed by atoms with Gasteiger partial charge in [-0.25, -0.2) is 4.79 Å². The molecule has 1 aliphatic heterocycles. The van der Waals surface area contributed by atoms with Crippen LogP contribution in [0.3, 0.4) is 0 Å². The predicted octanol–water partition coefficient (Wildman–Crippen LogP) is 0.822. The van der Waals surface area contributed by atoms with E-state index in [-0.39, 0.29) is 6.03 Å². The minimum absolute atomic E-state index is 0.205. The van der Waals surface area contributed by atoms with E-state index in [0.717, 1.165) is 24.5 Å². The van der Waals surface area contributed by atoms with Crippen molar-refractivity contribution in [1.82, 2.24) is 10.6 Å². The third-order valence-corrected chi connectivity index (χ3v) is 2.52. The van der Waals surface area contributed by atoms with Crippen molar-refractivity contribution in [2.24, 2.45) is 0 Å². The summed E-state index contributed by atoms with van der Waals surface area (Å²) in [5.41, 5.74) is 1.87. The van der Waals surface area contributed by atoms with Crippen molar-refractivity contribution in [3.63, 3.8) is 0 Å². The maximum Gasteiger partial charge on any atom is 0.318 e. The van der Waals surface area contributed by atoms with Gasteiger partial charge in [-0.3, -0.25) is 0 Å². The van der Waals surface area contributed by atoms with Crippen LogP contribution in [-0.4, -0.2) is 32.2 Å². The Hall–Kier alpha value is -1.75. The second-order valence-electron chi connectivity index (χ2n) is 3.78. The molecule has 1 aromatic rings. The van der Waals surface area contributed by atoms with E-state index in [9.17, 15) is 4.79 Å². The van der Waals surface area contributed by atoms with E-state index < -0.39 is 0 Å². The van der Waals surface area contributed by atoms with Gasteiger partial charge in [-0.2, -0.15) is 0 Å². The predicted molar refractivity (Wildman–Crippen MR) is 64.8 cm³/mol. The molecule has 1 heterocycles. The highest BCUT2D eigenvalue weighted by Gasteiger charge is 2.15. The van der Waals surface area contributed by atoms with E-state index in [4.69, 9.17) is 0 Å². The molecule has 0 unspecified atom stereocenters. The third kappa shape index (κ3) is 2.64. The van der Waals surface area contributed by atoms with Crippen LogP contribution < -0.4 is 21.3 Å². The Morgan fingerprint density at radius 3 is 2.38 bits per heavy atom. The molecule has 5 heteroatoms. The quantitative estimate of drug-likeness (QED) is 0.610. The lowest BCUT2D eigenvalue weighted by Crippen LogP contribution is -2.51. The monoisotopic (exact) mass is 220 g/mol. The molecule has 0 bridgehead atoms. The second kappa shape index (κ2) is 4.85. The van der Waals surface area contributed by atoms with Crippen molar-refractivity contribution in [3.05, 3.63) is 24.3 Å². The molecule has 4 N–H and O–H groups in total. The van der Waals surface area contributed by atoms with Crippen molar-refractivity contribution in [1.29, 1.82) is 0 Å². The molecule has 1 aliphatic rings. The van der Waals surface area contributed by atoms with Crippen LogP contribution in [0.4, 0.5) is 16.2 Å². The van der Waals surface area contributed by atoms with E-state index in [0.29, 0.717) is 6.04 Å². The molecule has 5 nitrogen and oxygen atoms in total. The van der Waals surface area contributed by atoms with Gasteiger partial charge in [-0.1, -0.05) is 0 Å². The minimum atomic E-state index is -0.205. The van der Waals surface area contributed by atoms with Crippen LogP contribution in [0, 0.1) is 0 Å². The number of hydrogen-bond acceptors (Lipinski definition) is 3. The zero-order valence-electron chi connectivity index (χ0n) is 9.21. The fourth-order valence-corrected chi connectivity index (χ4v) is 1.47. The highest BCUT2D eigenvalue weighted by atomic mass is 16.2. The van der Waals surface area contributed by atoms with Gasteiger partial charge in [0, 0.05) is 31.5 Å². The van der Waals surface area contributed by atoms with Gasteiger partial charge in [0.05, 0.1) is 6.04 Å². The molecule has 1 fully saturated rings. The van der Waals surface area contributed by atoms with Gasteiger partial charge >= 0.3 is 6.03 Å². The van der Waals surface area contributed by atoms with Gasteiger partial charge in [0.1, 0.15) is 0 Å². The van der Waals surface area contributed by atoms with E-state index >= 15 is 0 Å².